The first-order valence-corrected chi connectivity index (χ1v) is 8.76. The molecule has 12 heteroatoms. The van der Waals surface area contributed by atoms with E-state index in [0.29, 0.717) is 0 Å². The number of thiol groups is 1. The number of aliphatic carboxylic acids is 2. The molecule has 0 spiro atoms. The number of carbonyl (C=O) groups excluding carboxylic acids is 2. The molecule has 0 saturated heterocycles. The fraction of sp³-hybridized carbons (Fsp3) is 0.733. The van der Waals surface area contributed by atoms with Gasteiger partial charge in [0.1, 0.15) is 12.1 Å². The van der Waals surface area contributed by atoms with Gasteiger partial charge in [-0.3, -0.25) is 14.4 Å². The van der Waals surface area contributed by atoms with Gasteiger partial charge in [-0.25, -0.2) is 13.6 Å². The van der Waals surface area contributed by atoms with Crippen molar-refractivity contribution in [2.45, 2.75) is 57.2 Å². The van der Waals surface area contributed by atoms with Crippen LogP contribution in [0.15, 0.2) is 0 Å². The zero-order chi connectivity index (χ0) is 21.4. The van der Waals surface area contributed by atoms with E-state index >= 15 is 0 Å². The molecule has 0 rings (SSSR count). The standard InChI is InChI=1S/C15H25F2N3O6S/c1-7(2)10(14(25)26)20-12(22)11(15(16,17)6-27)19-9(21)5-3-4-8(18)13(23)24/h7-8,10-11,27H,3-6,18H2,1-2H3,(H,19,21)(H,20,22)(H,23,24)(H,25,26)/t8-,10+,11+/m0/s1. The number of carbonyl (C=O) groups is 4. The molecule has 0 unspecified atom stereocenters. The van der Waals surface area contributed by atoms with Gasteiger partial charge in [-0.2, -0.15) is 12.6 Å². The summed E-state index contributed by atoms with van der Waals surface area (Å²) in [6, 6.07) is -4.93. The average molecular weight is 413 g/mol. The van der Waals surface area contributed by atoms with Crippen molar-refractivity contribution in [3.05, 3.63) is 0 Å². The van der Waals surface area contributed by atoms with Gasteiger partial charge in [0.25, 0.3) is 5.92 Å². The van der Waals surface area contributed by atoms with Crippen LogP contribution < -0.4 is 16.4 Å². The minimum absolute atomic E-state index is 0.00380. The number of hydrogen-bond donors (Lipinski definition) is 6. The molecule has 0 aliphatic rings. The maximum Gasteiger partial charge on any atom is 0.326 e. The van der Waals surface area contributed by atoms with Gasteiger partial charge in [-0.05, 0) is 18.8 Å². The average Bonchev–Trinajstić information content (AvgIpc) is 2.56. The number of amides is 2. The Bertz CT molecular complexity index is 562. The van der Waals surface area contributed by atoms with E-state index < -0.39 is 59.5 Å². The highest BCUT2D eigenvalue weighted by atomic mass is 32.1. The Labute approximate surface area is 160 Å². The van der Waals surface area contributed by atoms with Crippen molar-refractivity contribution < 1.29 is 38.2 Å². The highest BCUT2D eigenvalue weighted by molar-refractivity contribution is 7.80. The first-order chi connectivity index (χ1) is 12.3. The second kappa shape index (κ2) is 11.0. The predicted molar refractivity (Wildman–Crippen MR) is 94.6 cm³/mol. The van der Waals surface area contributed by atoms with E-state index in [1.54, 1.807) is 0 Å². The Morgan fingerprint density at radius 2 is 1.67 bits per heavy atom. The first-order valence-electron chi connectivity index (χ1n) is 8.13. The van der Waals surface area contributed by atoms with Crippen LogP contribution in [0.3, 0.4) is 0 Å². The zero-order valence-electron chi connectivity index (χ0n) is 14.9. The van der Waals surface area contributed by atoms with Crippen molar-refractivity contribution in [1.82, 2.24) is 10.6 Å². The number of hydrogen-bond acceptors (Lipinski definition) is 6. The lowest BCUT2D eigenvalue weighted by molar-refractivity contribution is -0.146. The van der Waals surface area contributed by atoms with Gasteiger partial charge in [-0.15, -0.1) is 0 Å². The molecule has 0 saturated carbocycles. The third-order valence-corrected chi connectivity index (χ3v) is 4.09. The van der Waals surface area contributed by atoms with Crippen molar-refractivity contribution in [3.63, 3.8) is 0 Å². The lowest BCUT2D eigenvalue weighted by Crippen LogP contribution is -2.60. The molecule has 0 aliphatic heterocycles. The lowest BCUT2D eigenvalue weighted by Gasteiger charge is -2.28. The quantitative estimate of drug-likeness (QED) is 0.243. The lowest BCUT2D eigenvalue weighted by atomic mass is 10.0. The molecule has 2 amide bonds. The van der Waals surface area contributed by atoms with E-state index in [1.807, 2.05) is 10.6 Å². The first kappa shape index (κ1) is 25.1. The predicted octanol–water partition coefficient (Wildman–Crippen LogP) is -0.156. The molecule has 3 atom stereocenters. The third-order valence-electron chi connectivity index (χ3n) is 3.67. The summed E-state index contributed by atoms with van der Waals surface area (Å²) in [5, 5.41) is 21.6. The van der Waals surface area contributed by atoms with Crippen molar-refractivity contribution in [2.24, 2.45) is 11.7 Å². The van der Waals surface area contributed by atoms with Crippen molar-refractivity contribution in [2.75, 3.05) is 5.75 Å². The fourth-order valence-corrected chi connectivity index (χ4v) is 2.23. The molecule has 0 aliphatic carbocycles. The van der Waals surface area contributed by atoms with Gasteiger partial charge in [0, 0.05) is 6.42 Å². The zero-order valence-corrected chi connectivity index (χ0v) is 15.8. The summed E-state index contributed by atoms with van der Waals surface area (Å²) < 4.78 is 28.1. The van der Waals surface area contributed by atoms with Crippen LogP contribution >= 0.6 is 12.6 Å². The summed E-state index contributed by atoms with van der Waals surface area (Å²) in [6.45, 7) is 2.96. The Morgan fingerprint density at radius 3 is 2.07 bits per heavy atom. The van der Waals surface area contributed by atoms with Crippen molar-refractivity contribution in [1.29, 1.82) is 0 Å². The SMILES string of the molecule is CC(C)[C@@H](NC(=O)[C@@H](NC(=O)CCC[C@H](N)C(=O)O)C(F)(F)CS)C(=O)O. The van der Waals surface area contributed by atoms with Crippen LogP contribution in [0.4, 0.5) is 8.78 Å². The largest absolute Gasteiger partial charge is 0.480 e. The van der Waals surface area contributed by atoms with E-state index in [-0.39, 0.29) is 19.3 Å². The maximum atomic E-state index is 14.0. The summed E-state index contributed by atoms with van der Waals surface area (Å²) in [4.78, 5) is 45.8. The molecule has 0 radical (unpaired) electrons. The van der Waals surface area contributed by atoms with Crippen LogP contribution in [-0.4, -0.2) is 63.8 Å². The molecule has 6 N–H and O–H groups in total. The maximum absolute atomic E-state index is 14.0. The highest BCUT2D eigenvalue weighted by Gasteiger charge is 2.45. The van der Waals surface area contributed by atoms with E-state index in [2.05, 4.69) is 12.6 Å². The topological polar surface area (TPSA) is 159 Å². The molecular weight excluding hydrogens is 388 g/mol. The molecule has 9 nitrogen and oxygen atoms in total. The van der Waals surface area contributed by atoms with Gasteiger partial charge in [-0.1, -0.05) is 13.8 Å². The Morgan fingerprint density at radius 1 is 1.11 bits per heavy atom. The normalized spacial score (nSPS) is 14.9. The number of halogens is 2. The molecule has 156 valence electrons. The van der Waals surface area contributed by atoms with Crippen LogP contribution in [0.25, 0.3) is 0 Å². The van der Waals surface area contributed by atoms with Crippen molar-refractivity contribution >= 4 is 36.4 Å². The molecule has 0 heterocycles. The van der Waals surface area contributed by atoms with Crippen LogP contribution in [0.5, 0.6) is 0 Å². The van der Waals surface area contributed by atoms with Gasteiger partial charge in [0.15, 0.2) is 6.04 Å². The second-order valence-electron chi connectivity index (χ2n) is 6.33. The summed E-state index contributed by atoms with van der Waals surface area (Å²) >= 11 is 3.47. The van der Waals surface area contributed by atoms with Crippen LogP contribution in [0, 0.1) is 5.92 Å². The molecule has 0 aromatic heterocycles. The van der Waals surface area contributed by atoms with E-state index in [1.165, 1.54) is 13.8 Å². The van der Waals surface area contributed by atoms with E-state index in [9.17, 15) is 28.0 Å². The number of nitrogens with two attached hydrogens (primary N) is 1. The van der Waals surface area contributed by atoms with Gasteiger partial charge < -0.3 is 26.6 Å². The molecule has 0 fully saturated rings. The molecule has 0 bridgehead atoms. The molecule has 0 aromatic rings. The number of carboxylic acid groups (broad SMARTS) is 2. The minimum atomic E-state index is -3.74. The second-order valence-corrected chi connectivity index (χ2v) is 6.64. The summed E-state index contributed by atoms with van der Waals surface area (Å²) in [6.07, 6.45) is -0.388. The van der Waals surface area contributed by atoms with Crippen LogP contribution in [-0.2, 0) is 19.2 Å². The Hall–Kier alpha value is -1.95. The number of alkyl halides is 2. The van der Waals surface area contributed by atoms with Gasteiger partial charge in [0.05, 0.1) is 5.75 Å². The van der Waals surface area contributed by atoms with Gasteiger partial charge >= 0.3 is 11.9 Å². The van der Waals surface area contributed by atoms with E-state index in [0.717, 1.165) is 0 Å². The third kappa shape index (κ3) is 8.52. The number of carboxylic acids is 2. The Balaban J connectivity index is 5.06. The van der Waals surface area contributed by atoms with Crippen LogP contribution in [0.2, 0.25) is 0 Å². The van der Waals surface area contributed by atoms with E-state index in [4.69, 9.17) is 15.9 Å². The minimum Gasteiger partial charge on any atom is -0.480 e. The highest BCUT2D eigenvalue weighted by Crippen LogP contribution is 2.21. The monoisotopic (exact) mass is 413 g/mol. The molecular formula is C15H25F2N3O6S. The smallest absolute Gasteiger partial charge is 0.326 e. The fourth-order valence-electron chi connectivity index (χ4n) is 2.04. The molecule has 0 aromatic carbocycles. The molecule has 27 heavy (non-hydrogen) atoms. The van der Waals surface area contributed by atoms with Crippen LogP contribution in [0.1, 0.15) is 33.1 Å². The summed E-state index contributed by atoms with van der Waals surface area (Å²) in [5.41, 5.74) is 5.27. The Kier molecular flexibility index (Phi) is 10.2. The number of rotatable bonds is 12. The number of nitrogens with one attached hydrogen (secondary N) is 2. The summed E-state index contributed by atoms with van der Waals surface area (Å²) in [7, 11) is 0. The summed E-state index contributed by atoms with van der Waals surface area (Å²) in [5.74, 6) is -10.3. The van der Waals surface area contributed by atoms with Crippen molar-refractivity contribution in [3.8, 4) is 0 Å². The van der Waals surface area contributed by atoms with Gasteiger partial charge in [0.2, 0.25) is 11.8 Å².